The average Bonchev–Trinajstić information content (AvgIpc) is 2.70. The first-order valence-corrected chi connectivity index (χ1v) is 11.2. The van der Waals surface area contributed by atoms with Crippen LogP contribution in [0.2, 0.25) is 5.02 Å². The molecular formula is C22H26ClN3O2S. The van der Waals surface area contributed by atoms with E-state index in [0.29, 0.717) is 5.75 Å². The number of halogens is 1. The molecule has 3 rings (SSSR count). The molecule has 1 aliphatic heterocycles. The number of hydrogen-bond acceptors (Lipinski definition) is 4. The van der Waals surface area contributed by atoms with E-state index in [1.807, 2.05) is 54.3 Å². The van der Waals surface area contributed by atoms with E-state index in [0.717, 1.165) is 49.0 Å². The zero-order chi connectivity index (χ0) is 20.6. The van der Waals surface area contributed by atoms with E-state index >= 15 is 0 Å². The summed E-state index contributed by atoms with van der Waals surface area (Å²) in [6.07, 6.45) is 0. The molecule has 2 amide bonds. The molecule has 0 unspecified atom stereocenters. The maximum absolute atomic E-state index is 12.4. The lowest BCUT2D eigenvalue weighted by molar-refractivity contribution is -0.130. The van der Waals surface area contributed by atoms with Gasteiger partial charge in [0, 0.05) is 43.4 Å². The molecule has 0 spiro atoms. The summed E-state index contributed by atoms with van der Waals surface area (Å²) in [7, 11) is 0. The molecule has 154 valence electrons. The van der Waals surface area contributed by atoms with Crippen LogP contribution in [-0.4, -0.2) is 59.3 Å². The molecule has 0 radical (unpaired) electrons. The van der Waals surface area contributed by atoms with E-state index in [1.54, 1.807) is 0 Å². The number of carbonyl (C=O) groups excluding carboxylic acids is 2. The molecule has 0 aromatic heterocycles. The Kier molecular flexibility index (Phi) is 7.98. The molecule has 0 aliphatic carbocycles. The van der Waals surface area contributed by atoms with Gasteiger partial charge < -0.3 is 10.2 Å². The van der Waals surface area contributed by atoms with Crippen LogP contribution in [0.15, 0.2) is 48.5 Å². The van der Waals surface area contributed by atoms with E-state index in [2.05, 4.69) is 16.3 Å². The second-order valence-corrected chi connectivity index (χ2v) is 8.62. The van der Waals surface area contributed by atoms with Gasteiger partial charge in [0.05, 0.1) is 11.5 Å². The van der Waals surface area contributed by atoms with Crippen molar-refractivity contribution in [3.63, 3.8) is 0 Å². The van der Waals surface area contributed by atoms with E-state index < -0.39 is 0 Å². The number of nitrogens with zero attached hydrogens (tertiary/aromatic N) is 2. The Labute approximate surface area is 181 Å². The number of hydrogen-bond donors (Lipinski definition) is 1. The lowest BCUT2D eigenvalue weighted by Crippen LogP contribution is -2.48. The number of amides is 2. The first-order chi connectivity index (χ1) is 14.0. The largest absolute Gasteiger partial charge is 0.339 e. The molecule has 29 heavy (non-hydrogen) atoms. The van der Waals surface area contributed by atoms with Gasteiger partial charge in [-0.15, -0.1) is 11.8 Å². The van der Waals surface area contributed by atoms with Crippen molar-refractivity contribution in [2.45, 2.75) is 13.5 Å². The van der Waals surface area contributed by atoms with Crippen LogP contribution in [0.3, 0.4) is 0 Å². The highest BCUT2D eigenvalue weighted by Gasteiger charge is 2.21. The lowest BCUT2D eigenvalue weighted by atomic mass is 10.2. The van der Waals surface area contributed by atoms with Crippen LogP contribution in [0.25, 0.3) is 0 Å². The third-order valence-corrected chi connectivity index (χ3v) is 5.97. The number of rotatable bonds is 7. The van der Waals surface area contributed by atoms with Crippen LogP contribution in [0.4, 0.5) is 5.69 Å². The average molecular weight is 432 g/mol. The Balaban J connectivity index is 1.34. The minimum Gasteiger partial charge on any atom is -0.339 e. The second kappa shape index (κ2) is 10.7. The predicted molar refractivity (Wildman–Crippen MR) is 120 cm³/mol. The molecular weight excluding hydrogens is 406 g/mol. The first-order valence-electron chi connectivity index (χ1n) is 9.68. The summed E-state index contributed by atoms with van der Waals surface area (Å²) in [5, 5.41) is 3.60. The number of thioether (sulfide) groups is 1. The molecule has 1 fully saturated rings. The highest BCUT2D eigenvalue weighted by atomic mass is 35.5. The van der Waals surface area contributed by atoms with Crippen molar-refractivity contribution in [1.82, 2.24) is 9.80 Å². The number of anilines is 1. The van der Waals surface area contributed by atoms with Gasteiger partial charge in [-0.1, -0.05) is 41.4 Å². The van der Waals surface area contributed by atoms with Crippen molar-refractivity contribution < 1.29 is 9.59 Å². The van der Waals surface area contributed by atoms with Crippen molar-refractivity contribution in [2.24, 2.45) is 0 Å². The van der Waals surface area contributed by atoms with Gasteiger partial charge >= 0.3 is 0 Å². The molecule has 1 saturated heterocycles. The third-order valence-electron chi connectivity index (χ3n) is 4.81. The summed E-state index contributed by atoms with van der Waals surface area (Å²) >= 11 is 7.41. The van der Waals surface area contributed by atoms with Crippen molar-refractivity contribution in [3.8, 4) is 0 Å². The zero-order valence-corrected chi connectivity index (χ0v) is 18.1. The summed E-state index contributed by atoms with van der Waals surface area (Å²) in [6.45, 7) is 5.97. The monoisotopic (exact) mass is 431 g/mol. The van der Waals surface area contributed by atoms with Gasteiger partial charge in [0.2, 0.25) is 11.8 Å². The smallest absolute Gasteiger partial charge is 0.234 e. The molecule has 0 bridgehead atoms. The van der Waals surface area contributed by atoms with Gasteiger partial charge in [0.1, 0.15) is 0 Å². The highest BCUT2D eigenvalue weighted by molar-refractivity contribution is 8.00. The van der Waals surface area contributed by atoms with E-state index in [9.17, 15) is 9.59 Å². The van der Waals surface area contributed by atoms with Crippen LogP contribution in [0, 0.1) is 6.92 Å². The van der Waals surface area contributed by atoms with Crippen LogP contribution in [-0.2, 0) is 16.1 Å². The van der Waals surface area contributed by atoms with Gasteiger partial charge in [-0.3, -0.25) is 14.5 Å². The number of benzene rings is 2. The van der Waals surface area contributed by atoms with Crippen LogP contribution >= 0.6 is 23.4 Å². The van der Waals surface area contributed by atoms with Gasteiger partial charge in [-0.25, -0.2) is 0 Å². The highest BCUT2D eigenvalue weighted by Crippen LogP contribution is 2.15. The molecule has 1 heterocycles. The standard InChI is InChI=1S/C22H26ClN3O2S/c1-17-5-7-20(8-6-17)24-21(27)15-29-16-22(28)26-11-9-25(10-12-26)14-18-3-2-4-19(23)13-18/h2-8,13H,9-12,14-16H2,1H3,(H,24,27). The van der Waals surface area contributed by atoms with Gasteiger partial charge in [0.15, 0.2) is 0 Å². The molecule has 1 aliphatic rings. The number of nitrogens with one attached hydrogen (secondary N) is 1. The maximum atomic E-state index is 12.4. The fourth-order valence-electron chi connectivity index (χ4n) is 3.21. The van der Waals surface area contributed by atoms with Gasteiger partial charge in [0.25, 0.3) is 0 Å². The second-order valence-electron chi connectivity index (χ2n) is 7.19. The van der Waals surface area contributed by atoms with Gasteiger partial charge in [-0.2, -0.15) is 0 Å². The lowest BCUT2D eigenvalue weighted by Gasteiger charge is -2.34. The molecule has 0 saturated carbocycles. The van der Waals surface area contributed by atoms with Crippen molar-refractivity contribution in [3.05, 3.63) is 64.7 Å². The Hall–Kier alpha value is -2.02. The summed E-state index contributed by atoms with van der Waals surface area (Å²) < 4.78 is 0. The zero-order valence-electron chi connectivity index (χ0n) is 16.6. The Morgan fingerprint density at radius 1 is 1.03 bits per heavy atom. The van der Waals surface area contributed by atoms with Crippen LogP contribution in [0.1, 0.15) is 11.1 Å². The number of carbonyl (C=O) groups is 2. The first kappa shape index (κ1) is 21.7. The minimum absolute atomic E-state index is 0.0852. The summed E-state index contributed by atoms with van der Waals surface area (Å²) in [5.41, 5.74) is 3.12. The summed E-state index contributed by atoms with van der Waals surface area (Å²) in [5.74, 6) is 0.614. The quantitative estimate of drug-likeness (QED) is 0.726. The Bertz CT molecular complexity index is 836. The van der Waals surface area contributed by atoms with Crippen molar-refractivity contribution in [1.29, 1.82) is 0 Å². The van der Waals surface area contributed by atoms with Crippen molar-refractivity contribution in [2.75, 3.05) is 43.0 Å². The van der Waals surface area contributed by atoms with Crippen LogP contribution < -0.4 is 5.32 Å². The molecule has 2 aromatic rings. The van der Waals surface area contributed by atoms with E-state index in [1.165, 1.54) is 17.3 Å². The van der Waals surface area contributed by atoms with E-state index in [4.69, 9.17) is 11.6 Å². The number of piperazine rings is 1. The minimum atomic E-state index is -0.0852. The topological polar surface area (TPSA) is 52.7 Å². The molecule has 7 heteroatoms. The molecule has 0 atom stereocenters. The fraction of sp³-hybridized carbons (Fsp3) is 0.364. The molecule has 1 N–H and O–H groups in total. The summed E-state index contributed by atoms with van der Waals surface area (Å²) in [4.78, 5) is 28.7. The third kappa shape index (κ3) is 7.07. The fourth-order valence-corrected chi connectivity index (χ4v) is 4.13. The van der Waals surface area contributed by atoms with E-state index in [-0.39, 0.29) is 17.6 Å². The van der Waals surface area contributed by atoms with Crippen molar-refractivity contribution >= 4 is 40.9 Å². The Morgan fingerprint density at radius 3 is 2.45 bits per heavy atom. The Morgan fingerprint density at radius 2 is 1.76 bits per heavy atom. The van der Waals surface area contributed by atoms with Crippen LogP contribution in [0.5, 0.6) is 0 Å². The molecule has 5 nitrogen and oxygen atoms in total. The summed E-state index contributed by atoms with van der Waals surface area (Å²) in [6, 6.07) is 15.6. The van der Waals surface area contributed by atoms with Gasteiger partial charge in [-0.05, 0) is 36.8 Å². The predicted octanol–water partition coefficient (Wildman–Crippen LogP) is 3.66. The normalized spacial score (nSPS) is 14.6. The maximum Gasteiger partial charge on any atom is 0.234 e. The SMILES string of the molecule is Cc1ccc(NC(=O)CSCC(=O)N2CCN(Cc3cccc(Cl)c3)CC2)cc1. The number of aryl methyl sites for hydroxylation is 1. The molecule has 2 aromatic carbocycles.